The second-order valence-corrected chi connectivity index (χ2v) is 6.45. The summed E-state index contributed by atoms with van der Waals surface area (Å²) < 4.78 is 0. The van der Waals surface area contributed by atoms with Crippen LogP contribution in [-0.4, -0.2) is 36.0 Å². The molecule has 2 amide bonds. The van der Waals surface area contributed by atoms with Gasteiger partial charge in [-0.3, -0.25) is 9.59 Å². The van der Waals surface area contributed by atoms with Crippen LogP contribution in [0.15, 0.2) is 0 Å². The van der Waals surface area contributed by atoms with Gasteiger partial charge < -0.3 is 16.0 Å². The predicted molar refractivity (Wildman–Crippen MR) is 85.5 cm³/mol. The summed E-state index contributed by atoms with van der Waals surface area (Å²) >= 11 is 0. The van der Waals surface area contributed by atoms with Gasteiger partial charge in [0.05, 0.1) is 0 Å². The van der Waals surface area contributed by atoms with E-state index in [1.807, 2.05) is 13.8 Å². The van der Waals surface area contributed by atoms with Crippen LogP contribution in [0.1, 0.15) is 58.8 Å². The lowest BCUT2D eigenvalue weighted by atomic mass is 9.99. The molecule has 6 heteroatoms. The summed E-state index contributed by atoms with van der Waals surface area (Å²) in [6.07, 6.45) is 6.10. The number of rotatable bonds is 6. The SMILES string of the molecule is CC(C)NC(=O)CCCC(=O)NC1CC2CCC(C1)N2.Cl. The van der Waals surface area contributed by atoms with E-state index in [4.69, 9.17) is 0 Å². The van der Waals surface area contributed by atoms with E-state index in [0.29, 0.717) is 37.4 Å². The molecular formula is C15H28ClN3O2. The third-order valence-electron chi connectivity index (χ3n) is 4.10. The van der Waals surface area contributed by atoms with Crippen molar-refractivity contribution in [3.8, 4) is 0 Å². The highest BCUT2D eigenvalue weighted by molar-refractivity contribution is 5.85. The van der Waals surface area contributed by atoms with Crippen LogP contribution in [0.3, 0.4) is 0 Å². The van der Waals surface area contributed by atoms with Crippen LogP contribution in [0.25, 0.3) is 0 Å². The van der Waals surface area contributed by atoms with E-state index in [0.717, 1.165) is 12.8 Å². The second-order valence-electron chi connectivity index (χ2n) is 6.45. The highest BCUT2D eigenvalue weighted by atomic mass is 35.5. The van der Waals surface area contributed by atoms with Gasteiger partial charge in [-0.1, -0.05) is 0 Å². The van der Waals surface area contributed by atoms with Gasteiger partial charge in [-0.15, -0.1) is 12.4 Å². The molecule has 122 valence electrons. The lowest BCUT2D eigenvalue weighted by molar-refractivity contribution is -0.123. The molecule has 0 saturated carbocycles. The van der Waals surface area contributed by atoms with Gasteiger partial charge in [0.2, 0.25) is 11.8 Å². The number of fused-ring (bicyclic) bond motifs is 2. The Morgan fingerprint density at radius 3 is 2.24 bits per heavy atom. The Morgan fingerprint density at radius 2 is 1.67 bits per heavy atom. The maximum atomic E-state index is 11.9. The first-order chi connectivity index (χ1) is 9.52. The molecule has 0 aromatic carbocycles. The molecule has 0 aromatic rings. The highest BCUT2D eigenvalue weighted by Crippen LogP contribution is 2.26. The zero-order chi connectivity index (χ0) is 14.5. The summed E-state index contributed by atoms with van der Waals surface area (Å²) in [5, 5.41) is 9.53. The molecule has 2 unspecified atom stereocenters. The highest BCUT2D eigenvalue weighted by Gasteiger charge is 2.33. The van der Waals surface area contributed by atoms with E-state index in [1.165, 1.54) is 12.8 Å². The van der Waals surface area contributed by atoms with Crippen molar-refractivity contribution in [2.45, 2.75) is 83.0 Å². The topological polar surface area (TPSA) is 70.2 Å². The molecular weight excluding hydrogens is 290 g/mol. The average molecular weight is 318 g/mol. The van der Waals surface area contributed by atoms with Gasteiger partial charge in [-0.05, 0) is 46.0 Å². The summed E-state index contributed by atoms with van der Waals surface area (Å²) in [6, 6.07) is 1.68. The lowest BCUT2D eigenvalue weighted by Gasteiger charge is -2.29. The van der Waals surface area contributed by atoms with Gasteiger partial charge in [0.15, 0.2) is 0 Å². The monoisotopic (exact) mass is 317 g/mol. The quantitative estimate of drug-likeness (QED) is 0.695. The van der Waals surface area contributed by atoms with Crippen molar-refractivity contribution >= 4 is 24.2 Å². The van der Waals surface area contributed by atoms with Gasteiger partial charge in [0, 0.05) is 37.0 Å². The molecule has 0 aliphatic carbocycles. The number of hydrogen-bond acceptors (Lipinski definition) is 3. The van der Waals surface area contributed by atoms with Crippen LogP contribution in [0, 0.1) is 0 Å². The molecule has 2 rings (SSSR count). The Hall–Kier alpha value is -0.810. The van der Waals surface area contributed by atoms with E-state index < -0.39 is 0 Å². The van der Waals surface area contributed by atoms with Gasteiger partial charge >= 0.3 is 0 Å². The van der Waals surface area contributed by atoms with Crippen molar-refractivity contribution in [2.75, 3.05) is 0 Å². The molecule has 2 heterocycles. The molecule has 2 aliphatic rings. The second kappa shape index (κ2) is 8.59. The van der Waals surface area contributed by atoms with Crippen molar-refractivity contribution < 1.29 is 9.59 Å². The standard InChI is InChI=1S/C15H27N3O2.ClH/c1-10(2)16-14(19)4-3-5-15(20)18-13-8-11-6-7-12(9-13)17-11;/h10-13,17H,3-9H2,1-2H3,(H,16,19)(H,18,20);1H. The van der Waals surface area contributed by atoms with Crippen molar-refractivity contribution in [2.24, 2.45) is 0 Å². The minimum Gasteiger partial charge on any atom is -0.354 e. The molecule has 0 spiro atoms. The summed E-state index contributed by atoms with van der Waals surface area (Å²) in [6.45, 7) is 3.88. The summed E-state index contributed by atoms with van der Waals surface area (Å²) in [5.41, 5.74) is 0. The lowest BCUT2D eigenvalue weighted by Crippen LogP contribution is -2.48. The normalized spacial score (nSPS) is 27.1. The van der Waals surface area contributed by atoms with Crippen LogP contribution in [0.4, 0.5) is 0 Å². The molecule has 21 heavy (non-hydrogen) atoms. The van der Waals surface area contributed by atoms with Crippen LogP contribution in [-0.2, 0) is 9.59 Å². The van der Waals surface area contributed by atoms with Gasteiger partial charge in [0.25, 0.3) is 0 Å². The van der Waals surface area contributed by atoms with Crippen molar-refractivity contribution in [3.63, 3.8) is 0 Å². The first-order valence-corrected chi connectivity index (χ1v) is 7.87. The van der Waals surface area contributed by atoms with Crippen molar-refractivity contribution in [1.29, 1.82) is 0 Å². The smallest absolute Gasteiger partial charge is 0.220 e. The maximum absolute atomic E-state index is 11.9. The average Bonchev–Trinajstić information content (AvgIpc) is 2.67. The van der Waals surface area contributed by atoms with Crippen LogP contribution in [0.5, 0.6) is 0 Å². The molecule has 2 aliphatic heterocycles. The van der Waals surface area contributed by atoms with E-state index in [9.17, 15) is 9.59 Å². The number of amides is 2. The maximum Gasteiger partial charge on any atom is 0.220 e. The van der Waals surface area contributed by atoms with Crippen LogP contribution >= 0.6 is 12.4 Å². The Balaban J connectivity index is 0.00000220. The minimum absolute atomic E-state index is 0. The Kier molecular flexibility index (Phi) is 7.46. The third kappa shape index (κ3) is 6.22. The van der Waals surface area contributed by atoms with E-state index >= 15 is 0 Å². The number of hydrogen-bond donors (Lipinski definition) is 3. The molecule has 2 atom stereocenters. The number of halogens is 1. The van der Waals surface area contributed by atoms with Gasteiger partial charge in [-0.25, -0.2) is 0 Å². The number of carbonyl (C=O) groups excluding carboxylic acids is 2. The Morgan fingerprint density at radius 1 is 1.10 bits per heavy atom. The fraction of sp³-hybridized carbons (Fsp3) is 0.867. The van der Waals surface area contributed by atoms with Crippen molar-refractivity contribution in [1.82, 2.24) is 16.0 Å². The van der Waals surface area contributed by atoms with Crippen molar-refractivity contribution in [3.05, 3.63) is 0 Å². The Labute approximate surface area is 133 Å². The largest absolute Gasteiger partial charge is 0.354 e. The Bertz CT molecular complexity index is 351. The number of nitrogens with one attached hydrogen (secondary N) is 3. The molecule has 0 radical (unpaired) electrons. The fourth-order valence-corrected chi connectivity index (χ4v) is 3.28. The summed E-state index contributed by atoms with van der Waals surface area (Å²) in [7, 11) is 0. The zero-order valence-electron chi connectivity index (χ0n) is 13.0. The molecule has 3 N–H and O–H groups in total. The molecule has 5 nitrogen and oxygen atoms in total. The summed E-state index contributed by atoms with van der Waals surface area (Å²) in [4.78, 5) is 23.4. The first kappa shape index (κ1) is 18.2. The van der Waals surface area contributed by atoms with E-state index in [2.05, 4.69) is 16.0 Å². The number of carbonyl (C=O) groups is 2. The van der Waals surface area contributed by atoms with Gasteiger partial charge in [0.1, 0.15) is 0 Å². The molecule has 2 fully saturated rings. The molecule has 2 saturated heterocycles. The third-order valence-corrected chi connectivity index (χ3v) is 4.10. The fourth-order valence-electron chi connectivity index (χ4n) is 3.28. The molecule has 0 aromatic heterocycles. The zero-order valence-corrected chi connectivity index (χ0v) is 13.8. The molecule has 2 bridgehead atoms. The first-order valence-electron chi connectivity index (χ1n) is 7.87. The van der Waals surface area contributed by atoms with Gasteiger partial charge in [-0.2, -0.15) is 0 Å². The van der Waals surface area contributed by atoms with E-state index in [-0.39, 0.29) is 30.3 Å². The van der Waals surface area contributed by atoms with E-state index in [1.54, 1.807) is 0 Å². The minimum atomic E-state index is 0. The predicted octanol–water partition coefficient (Wildman–Crippen LogP) is 1.50. The van der Waals surface area contributed by atoms with Crippen LogP contribution in [0.2, 0.25) is 0 Å². The summed E-state index contributed by atoms with van der Waals surface area (Å²) in [5.74, 6) is 0.126. The van der Waals surface area contributed by atoms with Crippen LogP contribution < -0.4 is 16.0 Å². The number of piperidine rings is 1.